The molecular formula is C11H15N3O2. The number of pyridine rings is 1. The van der Waals surface area contributed by atoms with Crippen LogP contribution in [0.25, 0.3) is 0 Å². The minimum atomic E-state index is -0.161. The van der Waals surface area contributed by atoms with Crippen molar-refractivity contribution in [3.05, 3.63) is 17.8 Å². The highest BCUT2D eigenvalue weighted by Gasteiger charge is 2.24. The van der Waals surface area contributed by atoms with Crippen molar-refractivity contribution < 1.29 is 9.53 Å². The number of carbonyl (C=O) groups excluding carboxylic acids is 1. The second-order valence-electron chi connectivity index (χ2n) is 4.12. The Hall–Kier alpha value is -1.78. The molecule has 1 aliphatic carbocycles. The number of nitrogen functional groups attached to an aromatic ring is 1. The standard InChI is InChI=1S/C11H15N3O2/c1-14(2)11(15)9-5-8(6-13-10(9)12)16-7-3-4-7/h5-7H,3-4H2,1-2H3,(H2,12,13). The first-order valence-electron chi connectivity index (χ1n) is 5.21. The second kappa shape index (κ2) is 4.00. The molecule has 1 heterocycles. The zero-order valence-electron chi connectivity index (χ0n) is 9.43. The SMILES string of the molecule is CN(C)C(=O)c1cc(OC2CC2)cnc1N. The largest absolute Gasteiger partial charge is 0.489 e. The number of nitrogens with zero attached hydrogens (tertiary/aromatic N) is 2. The third-order valence-electron chi connectivity index (χ3n) is 2.36. The van der Waals surface area contributed by atoms with Crippen molar-refractivity contribution in [1.29, 1.82) is 0 Å². The van der Waals surface area contributed by atoms with Crippen LogP contribution in [0.15, 0.2) is 12.3 Å². The van der Waals surface area contributed by atoms with Crippen LogP contribution < -0.4 is 10.5 Å². The first kappa shape index (κ1) is 10.7. The summed E-state index contributed by atoms with van der Waals surface area (Å²) in [5.74, 6) is 0.690. The average Bonchev–Trinajstić information content (AvgIpc) is 3.03. The summed E-state index contributed by atoms with van der Waals surface area (Å²) in [7, 11) is 3.35. The monoisotopic (exact) mass is 221 g/mol. The Morgan fingerprint density at radius 3 is 2.81 bits per heavy atom. The van der Waals surface area contributed by atoms with E-state index in [1.54, 1.807) is 26.4 Å². The summed E-state index contributed by atoms with van der Waals surface area (Å²) in [5, 5.41) is 0. The number of aromatic nitrogens is 1. The third kappa shape index (κ3) is 2.24. The van der Waals surface area contributed by atoms with Gasteiger partial charge in [-0.3, -0.25) is 4.79 Å². The number of carbonyl (C=O) groups is 1. The maximum Gasteiger partial charge on any atom is 0.257 e. The summed E-state index contributed by atoms with van der Waals surface area (Å²) in [6.45, 7) is 0. The highest BCUT2D eigenvalue weighted by Crippen LogP contribution is 2.27. The van der Waals surface area contributed by atoms with Gasteiger partial charge in [0.05, 0.1) is 17.9 Å². The van der Waals surface area contributed by atoms with Crippen molar-refractivity contribution in [1.82, 2.24) is 9.88 Å². The molecule has 1 fully saturated rings. The van der Waals surface area contributed by atoms with Crippen LogP contribution in [-0.4, -0.2) is 36.0 Å². The molecule has 1 aliphatic rings. The van der Waals surface area contributed by atoms with E-state index in [1.165, 1.54) is 4.90 Å². The molecule has 0 spiro atoms. The van der Waals surface area contributed by atoms with Gasteiger partial charge in [0.15, 0.2) is 0 Å². The number of ether oxygens (including phenoxy) is 1. The van der Waals surface area contributed by atoms with E-state index in [-0.39, 0.29) is 17.8 Å². The van der Waals surface area contributed by atoms with E-state index >= 15 is 0 Å². The van der Waals surface area contributed by atoms with E-state index in [1.807, 2.05) is 0 Å². The first-order valence-corrected chi connectivity index (χ1v) is 5.21. The Balaban J connectivity index is 2.24. The molecule has 2 rings (SSSR count). The van der Waals surface area contributed by atoms with Crippen molar-refractivity contribution in [2.75, 3.05) is 19.8 Å². The van der Waals surface area contributed by atoms with E-state index in [0.29, 0.717) is 11.3 Å². The van der Waals surface area contributed by atoms with Gasteiger partial charge in [0.1, 0.15) is 11.6 Å². The zero-order chi connectivity index (χ0) is 11.7. The fraction of sp³-hybridized carbons (Fsp3) is 0.455. The van der Waals surface area contributed by atoms with Crippen LogP contribution in [-0.2, 0) is 0 Å². The van der Waals surface area contributed by atoms with Crippen molar-refractivity contribution in [3.63, 3.8) is 0 Å². The van der Waals surface area contributed by atoms with Gasteiger partial charge in [-0.25, -0.2) is 4.98 Å². The molecule has 0 bridgehead atoms. The van der Waals surface area contributed by atoms with Gasteiger partial charge in [-0.2, -0.15) is 0 Å². The zero-order valence-corrected chi connectivity index (χ0v) is 9.43. The van der Waals surface area contributed by atoms with E-state index < -0.39 is 0 Å². The molecule has 0 aromatic carbocycles. The minimum Gasteiger partial charge on any atom is -0.489 e. The van der Waals surface area contributed by atoms with Gasteiger partial charge in [-0.15, -0.1) is 0 Å². The summed E-state index contributed by atoms with van der Waals surface area (Å²) in [6.07, 6.45) is 3.98. The summed E-state index contributed by atoms with van der Waals surface area (Å²) in [4.78, 5) is 17.2. The lowest BCUT2D eigenvalue weighted by atomic mass is 10.2. The van der Waals surface area contributed by atoms with Crippen LogP contribution in [0, 0.1) is 0 Å². The second-order valence-corrected chi connectivity index (χ2v) is 4.12. The van der Waals surface area contributed by atoms with Gasteiger partial charge < -0.3 is 15.4 Å². The number of rotatable bonds is 3. The fourth-order valence-corrected chi connectivity index (χ4v) is 1.31. The van der Waals surface area contributed by atoms with Gasteiger partial charge in [-0.1, -0.05) is 0 Å². The minimum absolute atomic E-state index is 0.161. The molecule has 0 unspecified atom stereocenters. The number of amides is 1. The number of anilines is 1. The summed E-state index contributed by atoms with van der Waals surface area (Å²) >= 11 is 0. The van der Waals surface area contributed by atoms with Crippen molar-refractivity contribution in [2.24, 2.45) is 0 Å². The van der Waals surface area contributed by atoms with Gasteiger partial charge in [-0.05, 0) is 18.9 Å². The molecule has 1 saturated carbocycles. The lowest BCUT2D eigenvalue weighted by Crippen LogP contribution is -2.23. The Kier molecular flexibility index (Phi) is 2.68. The number of hydrogen-bond acceptors (Lipinski definition) is 4. The summed E-state index contributed by atoms with van der Waals surface area (Å²) in [6, 6.07) is 1.66. The smallest absolute Gasteiger partial charge is 0.257 e. The first-order chi connectivity index (χ1) is 7.58. The lowest BCUT2D eigenvalue weighted by Gasteiger charge is -2.13. The van der Waals surface area contributed by atoms with Crippen molar-refractivity contribution in [2.45, 2.75) is 18.9 Å². The fourth-order valence-electron chi connectivity index (χ4n) is 1.31. The number of hydrogen-bond donors (Lipinski definition) is 1. The lowest BCUT2D eigenvalue weighted by molar-refractivity contribution is 0.0827. The Bertz CT molecular complexity index is 414. The van der Waals surface area contributed by atoms with Gasteiger partial charge >= 0.3 is 0 Å². The molecule has 1 aromatic heterocycles. The summed E-state index contributed by atoms with van der Waals surface area (Å²) in [5.41, 5.74) is 6.05. The van der Waals surface area contributed by atoms with Crippen LogP contribution in [0.2, 0.25) is 0 Å². The van der Waals surface area contributed by atoms with E-state index in [2.05, 4.69) is 4.98 Å². The maximum atomic E-state index is 11.8. The molecule has 1 amide bonds. The molecule has 86 valence electrons. The normalized spacial score (nSPS) is 14.6. The highest BCUT2D eigenvalue weighted by molar-refractivity contribution is 5.98. The molecule has 5 nitrogen and oxygen atoms in total. The van der Waals surface area contributed by atoms with E-state index in [0.717, 1.165) is 12.8 Å². The van der Waals surface area contributed by atoms with Crippen molar-refractivity contribution in [3.8, 4) is 5.75 Å². The van der Waals surface area contributed by atoms with Crippen LogP contribution in [0.1, 0.15) is 23.2 Å². The van der Waals surface area contributed by atoms with Crippen LogP contribution in [0.5, 0.6) is 5.75 Å². The Morgan fingerprint density at radius 2 is 2.25 bits per heavy atom. The summed E-state index contributed by atoms with van der Waals surface area (Å²) < 4.78 is 5.56. The maximum absolute atomic E-state index is 11.8. The van der Waals surface area contributed by atoms with Crippen LogP contribution in [0.3, 0.4) is 0 Å². The van der Waals surface area contributed by atoms with Gasteiger partial charge in [0, 0.05) is 14.1 Å². The molecule has 0 radical (unpaired) electrons. The average molecular weight is 221 g/mol. The highest BCUT2D eigenvalue weighted by atomic mass is 16.5. The molecular weight excluding hydrogens is 206 g/mol. The molecule has 2 N–H and O–H groups in total. The Labute approximate surface area is 94.2 Å². The molecule has 1 aromatic rings. The van der Waals surface area contributed by atoms with Gasteiger partial charge in [0.2, 0.25) is 0 Å². The van der Waals surface area contributed by atoms with E-state index in [4.69, 9.17) is 10.5 Å². The molecule has 0 aliphatic heterocycles. The topological polar surface area (TPSA) is 68.5 Å². The van der Waals surface area contributed by atoms with Crippen LogP contribution in [0.4, 0.5) is 5.82 Å². The predicted molar refractivity (Wildman–Crippen MR) is 60.3 cm³/mol. The predicted octanol–water partition coefficient (Wildman–Crippen LogP) is 0.907. The third-order valence-corrected chi connectivity index (χ3v) is 2.36. The number of nitrogens with two attached hydrogens (primary N) is 1. The molecule has 0 atom stereocenters. The van der Waals surface area contributed by atoms with Crippen molar-refractivity contribution >= 4 is 11.7 Å². The molecule has 16 heavy (non-hydrogen) atoms. The Morgan fingerprint density at radius 1 is 1.56 bits per heavy atom. The molecule has 0 saturated heterocycles. The van der Waals surface area contributed by atoms with E-state index in [9.17, 15) is 4.79 Å². The van der Waals surface area contributed by atoms with Crippen LogP contribution >= 0.6 is 0 Å². The van der Waals surface area contributed by atoms with Gasteiger partial charge in [0.25, 0.3) is 5.91 Å². The molecule has 5 heteroatoms. The quantitative estimate of drug-likeness (QED) is 0.823.